The Labute approximate surface area is 93.9 Å². The predicted octanol–water partition coefficient (Wildman–Crippen LogP) is 1.53. The molecule has 0 heterocycles. The summed E-state index contributed by atoms with van der Waals surface area (Å²) in [6.45, 7) is 5.11. The number of hydrogen-bond acceptors (Lipinski definition) is 3. The molecule has 0 saturated carbocycles. The highest BCUT2D eigenvalue weighted by Gasteiger charge is 2.12. The smallest absolute Gasteiger partial charge is 0.261 e. The number of ether oxygens (including phenoxy) is 1. The number of benzene rings is 1. The Hall–Kier alpha value is -2.10. The Kier molecular flexibility index (Phi) is 4.27. The van der Waals surface area contributed by atoms with Crippen molar-refractivity contribution in [2.45, 2.75) is 6.92 Å². The normalized spacial score (nSPS) is 9.31. The second-order valence-electron chi connectivity index (χ2n) is 3.11. The fraction of sp³-hybridized carbons (Fsp3) is 0.167. The van der Waals surface area contributed by atoms with Gasteiger partial charge < -0.3 is 4.74 Å². The van der Waals surface area contributed by atoms with Crippen LogP contribution < -0.4 is 10.1 Å². The van der Waals surface area contributed by atoms with Crippen LogP contribution in [0.15, 0.2) is 36.9 Å². The molecule has 16 heavy (non-hydrogen) atoms. The fourth-order valence-electron chi connectivity index (χ4n) is 1.16. The molecule has 1 N–H and O–H groups in total. The van der Waals surface area contributed by atoms with Crippen LogP contribution in [0.3, 0.4) is 0 Å². The molecular formula is C12H13NO3. The van der Waals surface area contributed by atoms with Gasteiger partial charge in [-0.25, -0.2) is 0 Å². The third-order valence-corrected chi connectivity index (χ3v) is 1.78. The molecule has 4 heteroatoms. The number of nitrogens with one attached hydrogen (secondary N) is 1. The molecule has 1 rings (SSSR count). The van der Waals surface area contributed by atoms with Crippen molar-refractivity contribution in [2.24, 2.45) is 0 Å². The monoisotopic (exact) mass is 219 g/mol. The van der Waals surface area contributed by atoms with E-state index in [4.69, 9.17) is 4.74 Å². The number of amides is 2. The van der Waals surface area contributed by atoms with Gasteiger partial charge in [0.15, 0.2) is 0 Å². The molecule has 0 atom stereocenters. The quantitative estimate of drug-likeness (QED) is 0.781. The number of carbonyl (C=O) groups is 2. The SMILES string of the molecule is C=CCOc1ccccc1C(=O)NC(C)=O. The van der Waals surface area contributed by atoms with Crippen LogP contribution in [0.4, 0.5) is 0 Å². The average Bonchev–Trinajstić information content (AvgIpc) is 2.25. The first kappa shape index (κ1) is 12.0. The van der Waals surface area contributed by atoms with Crippen LogP contribution in [-0.4, -0.2) is 18.4 Å². The summed E-state index contributed by atoms with van der Waals surface area (Å²) >= 11 is 0. The van der Waals surface area contributed by atoms with Gasteiger partial charge in [-0.2, -0.15) is 0 Å². The topological polar surface area (TPSA) is 55.4 Å². The second kappa shape index (κ2) is 5.70. The van der Waals surface area contributed by atoms with Crippen LogP contribution in [0, 0.1) is 0 Å². The molecule has 0 aliphatic carbocycles. The van der Waals surface area contributed by atoms with Crippen molar-refractivity contribution >= 4 is 11.8 Å². The molecule has 0 unspecified atom stereocenters. The first-order chi connectivity index (χ1) is 7.65. The maximum Gasteiger partial charge on any atom is 0.261 e. The van der Waals surface area contributed by atoms with E-state index in [0.29, 0.717) is 17.9 Å². The third-order valence-electron chi connectivity index (χ3n) is 1.78. The lowest BCUT2D eigenvalue weighted by Crippen LogP contribution is -2.28. The summed E-state index contributed by atoms with van der Waals surface area (Å²) in [5.41, 5.74) is 0.333. The minimum Gasteiger partial charge on any atom is -0.489 e. The zero-order valence-electron chi connectivity index (χ0n) is 9.03. The molecule has 1 aromatic rings. The van der Waals surface area contributed by atoms with Gasteiger partial charge in [-0.3, -0.25) is 14.9 Å². The zero-order valence-corrected chi connectivity index (χ0v) is 9.03. The summed E-state index contributed by atoms with van der Waals surface area (Å²) in [4.78, 5) is 22.4. The van der Waals surface area contributed by atoms with E-state index in [1.54, 1.807) is 30.3 Å². The highest BCUT2D eigenvalue weighted by molar-refractivity contribution is 6.05. The van der Waals surface area contributed by atoms with Gasteiger partial charge in [0.1, 0.15) is 12.4 Å². The van der Waals surface area contributed by atoms with E-state index >= 15 is 0 Å². The Balaban J connectivity index is 2.89. The molecule has 84 valence electrons. The Morgan fingerprint density at radius 1 is 1.44 bits per heavy atom. The third kappa shape index (κ3) is 3.24. The van der Waals surface area contributed by atoms with Crippen LogP contribution in [-0.2, 0) is 4.79 Å². The van der Waals surface area contributed by atoms with E-state index in [9.17, 15) is 9.59 Å². The number of para-hydroxylation sites is 1. The standard InChI is InChI=1S/C12H13NO3/c1-3-8-16-11-7-5-4-6-10(11)12(15)13-9(2)14/h3-7H,1,8H2,2H3,(H,13,14,15). The molecular weight excluding hydrogens is 206 g/mol. The van der Waals surface area contributed by atoms with E-state index < -0.39 is 11.8 Å². The maximum atomic E-state index is 11.6. The van der Waals surface area contributed by atoms with Crippen molar-refractivity contribution in [2.75, 3.05) is 6.61 Å². The molecule has 0 radical (unpaired) electrons. The zero-order chi connectivity index (χ0) is 12.0. The van der Waals surface area contributed by atoms with Gasteiger partial charge in [0, 0.05) is 6.92 Å². The molecule has 0 saturated heterocycles. The van der Waals surface area contributed by atoms with Gasteiger partial charge in [-0.15, -0.1) is 0 Å². The molecule has 2 amide bonds. The fourth-order valence-corrected chi connectivity index (χ4v) is 1.16. The molecule has 4 nitrogen and oxygen atoms in total. The largest absolute Gasteiger partial charge is 0.489 e. The van der Waals surface area contributed by atoms with Gasteiger partial charge >= 0.3 is 0 Å². The minimum absolute atomic E-state index is 0.310. The summed E-state index contributed by atoms with van der Waals surface area (Å²) < 4.78 is 5.30. The minimum atomic E-state index is -0.466. The van der Waals surface area contributed by atoms with Crippen molar-refractivity contribution in [1.29, 1.82) is 0 Å². The van der Waals surface area contributed by atoms with Crippen molar-refractivity contribution in [1.82, 2.24) is 5.32 Å². The van der Waals surface area contributed by atoms with Crippen LogP contribution in [0.2, 0.25) is 0 Å². The highest BCUT2D eigenvalue weighted by atomic mass is 16.5. The Morgan fingerprint density at radius 3 is 2.75 bits per heavy atom. The highest BCUT2D eigenvalue weighted by Crippen LogP contribution is 2.17. The second-order valence-corrected chi connectivity index (χ2v) is 3.11. The number of carbonyl (C=O) groups excluding carboxylic acids is 2. The van der Waals surface area contributed by atoms with Crippen molar-refractivity contribution in [3.63, 3.8) is 0 Å². The number of imide groups is 1. The Morgan fingerprint density at radius 2 is 2.12 bits per heavy atom. The van der Waals surface area contributed by atoms with Crippen molar-refractivity contribution in [3.05, 3.63) is 42.5 Å². The van der Waals surface area contributed by atoms with Crippen LogP contribution in [0.25, 0.3) is 0 Å². The van der Waals surface area contributed by atoms with E-state index in [2.05, 4.69) is 11.9 Å². The number of rotatable bonds is 4. The van der Waals surface area contributed by atoms with E-state index in [1.165, 1.54) is 6.92 Å². The predicted molar refractivity (Wildman–Crippen MR) is 60.3 cm³/mol. The van der Waals surface area contributed by atoms with Gasteiger partial charge in [-0.05, 0) is 12.1 Å². The average molecular weight is 219 g/mol. The summed E-state index contributed by atoms with van der Waals surface area (Å²) in [6.07, 6.45) is 1.58. The van der Waals surface area contributed by atoms with E-state index in [0.717, 1.165) is 0 Å². The van der Waals surface area contributed by atoms with Crippen molar-refractivity contribution < 1.29 is 14.3 Å². The molecule has 0 aromatic heterocycles. The van der Waals surface area contributed by atoms with Crippen LogP contribution in [0.1, 0.15) is 17.3 Å². The molecule has 0 fully saturated rings. The summed E-state index contributed by atoms with van der Waals surface area (Å²) in [6, 6.07) is 6.72. The summed E-state index contributed by atoms with van der Waals surface area (Å²) in [5.74, 6) is -0.433. The molecule has 0 bridgehead atoms. The lowest BCUT2D eigenvalue weighted by molar-refractivity contribution is -0.118. The molecule has 0 aliphatic rings. The number of hydrogen-bond donors (Lipinski definition) is 1. The summed E-state index contributed by atoms with van der Waals surface area (Å²) in [7, 11) is 0. The van der Waals surface area contributed by atoms with Gasteiger partial charge in [0.25, 0.3) is 5.91 Å². The van der Waals surface area contributed by atoms with E-state index in [-0.39, 0.29) is 0 Å². The lowest BCUT2D eigenvalue weighted by atomic mass is 10.2. The van der Waals surface area contributed by atoms with Gasteiger partial charge in [-0.1, -0.05) is 24.8 Å². The van der Waals surface area contributed by atoms with Gasteiger partial charge in [0.2, 0.25) is 5.91 Å². The molecule has 0 aliphatic heterocycles. The first-order valence-electron chi connectivity index (χ1n) is 4.79. The maximum absolute atomic E-state index is 11.6. The molecule has 1 aromatic carbocycles. The van der Waals surface area contributed by atoms with E-state index in [1.807, 2.05) is 0 Å². The summed E-state index contributed by atoms with van der Waals surface area (Å²) in [5, 5.41) is 2.19. The first-order valence-corrected chi connectivity index (χ1v) is 4.79. The van der Waals surface area contributed by atoms with Gasteiger partial charge in [0.05, 0.1) is 5.56 Å². The lowest BCUT2D eigenvalue weighted by Gasteiger charge is -2.08. The van der Waals surface area contributed by atoms with Crippen LogP contribution >= 0.6 is 0 Å². The van der Waals surface area contributed by atoms with Crippen LogP contribution in [0.5, 0.6) is 5.75 Å². The Bertz CT molecular complexity index is 412. The van der Waals surface area contributed by atoms with Crippen molar-refractivity contribution in [3.8, 4) is 5.75 Å². The molecule has 0 spiro atoms.